The SMILES string of the molecule is CCn1cnnc1CNC(=O)c1cc(C(C)C)n(C(C)(C)C)n1. The second-order valence-electron chi connectivity index (χ2n) is 6.91. The molecular weight excluding hydrogens is 292 g/mol. The Balaban J connectivity index is 2.17. The first kappa shape index (κ1) is 17.2. The molecule has 0 atom stereocenters. The van der Waals surface area contributed by atoms with E-state index in [0.29, 0.717) is 18.2 Å². The summed E-state index contributed by atoms with van der Waals surface area (Å²) in [7, 11) is 0. The van der Waals surface area contributed by atoms with E-state index < -0.39 is 0 Å². The Kier molecular flexibility index (Phi) is 4.87. The number of hydrogen-bond acceptors (Lipinski definition) is 4. The highest BCUT2D eigenvalue weighted by Gasteiger charge is 2.23. The minimum Gasteiger partial charge on any atom is -0.343 e. The van der Waals surface area contributed by atoms with E-state index in [-0.39, 0.29) is 11.4 Å². The first-order valence-corrected chi connectivity index (χ1v) is 7.99. The molecule has 0 aliphatic rings. The van der Waals surface area contributed by atoms with Gasteiger partial charge in [0, 0.05) is 12.2 Å². The molecule has 1 amide bonds. The van der Waals surface area contributed by atoms with Gasteiger partial charge in [0.15, 0.2) is 5.82 Å². The molecule has 1 N–H and O–H groups in total. The summed E-state index contributed by atoms with van der Waals surface area (Å²) in [5.41, 5.74) is 1.33. The average Bonchev–Trinajstić information content (AvgIpc) is 3.10. The van der Waals surface area contributed by atoms with Crippen LogP contribution < -0.4 is 5.32 Å². The number of nitrogens with zero attached hydrogens (tertiary/aromatic N) is 5. The molecule has 7 heteroatoms. The predicted molar refractivity (Wildman–Crippen MR) is 88.2 cm³/mol. The maximum Gasteiger partial charge on any atom is 0.272 e. The molecule has 0 unspecified atom stereocenters. The zero-order valence-electron chi connectivity index (χ0n) is 14.8. The Morgan fingerprint density at radius 3 is 2.57 bits per heavy atom. The van der Waals surface area contributed by atoms with Gasteiger partial charge in [-0.1, -0.05) is 13.8 Å². The van der Waals surface area contributed by atoms with E-state index >= 15 is 0 Å². The Labute approximate surface area is 137 Å². The van der Waals surface area contributed by atoms with Crippen LogP contribution in [0.15, 0.2) is 12.4 Å². The maximum absolute atomic E-state index is 12.4. The van der Waals surface area contributed by atoms with Gasteiger partial charge in [0.05, 0.1) is 12.1 Å². The molecule has 0 spiro atoms. The zero-order valence-corrected chi connectivity index (χ0v) is 14.8. The normalized spacial score (nSPS) is 12.0. The number of hydrogen-bond donors (Lipinski definition) is 1. The van der Waals surface area contributed by atoms with Crippen molar-refractivity contribution in [3.8, 4) is 0 Å². The summed E-state index contributed by atoms with van der Waals surface area (Å²) in [6.07, 6.45) is 1.66. The molecule has 2 heterocycles. The third-order valence-electron chi connectivity index (χ3n) is 3.64. The molecule has 23 heavy (non-hydrogen) atoms. The smallest absolute Gasteiger partial charge is 0.272 e. The Hall–Kier alpha value is -2.18. The molecule has 126 valence electrons. The van der Waals surface area contributed by atoms with Crippen LogP contribution in [-0.4, -0.2) is 30.5 Å². The number of nitrogens with one attached hydrogen (secondary N) is 1. The fourth-order valence-corrected chi connectivity index (χ4v) is 2.38. The third-order valence-corrected chi connectivity index (χ3v) is 3.64. The minimum absolute atomic E-state index is 0.166. The van der Waals surface area contributed by atoms with Gasteiger partial charge in [-0.2, -0.15) is 5.10 Å². The number of carbonyl (C=O) groups excluding carboxylic acids is 1. The summed E-state index contributed by atoms with van der Waals surface area (Å²) in [5, 5.41) is 15.3. The van der Waals surface area contributed by atoms with E-state index in [9.17, 15) is 4.79 Å². The van der Waals surface area contributed by atoms with Gasteiger partial charge in [0.2, 0.25) is 0 Å². The second kappa shape index (κ2) is 6.52. The Morgan fingerprint density at radius 2 is 2.04 bits per heavy atom. The highest BCUT2D eigenvalue weighted by Crippen LogP contribution is 2.23. The molecule has 0 aliphatic heterocycles. The van der Waals surface area contributed by atoms with Crippen LogP contribution in [0, 0.1) is 0 Å². The van der Waals surface area contributed by atoms with Gasteiger partial charge in [0.25, 0.3) is 5.91 Å². The molecule has 0 aromatic carbocycles. The highest BCUT2D eigenvalue weighted by molar-refractivity contribution is 5.92. The van der Waals surface area contributed by atoms with Crippen LogP contribution in [0.4, 0.5) is 0 Å². The van der Waals surface area contributed by atoms with E-state index in [1.54, 1.807) is 6.33 Å². The van der Waals surface area contributed by atoms with Crippen molar-refractivity contribution in [3.05, 3.63) is 29.6 Å². The van der Waals surface area contributed by atoms with E-state index in [4.69, 9.17) is 0 Å². The number of aryl methyl sites for hydroxylation is 1. The monoisotopic (exact) mass is 318 g/mol. The van der Waals surface area contributed by atoms with Crippen LogP contribution in [-0.2, 0) is 18.6 Å². The summed E-state index contributed by atoms with van der Waals surface area (Å²) in [6, 6.07) is 1.87. The minimum atomic E-state index is -0.194. The van der Waals surface area contributed by atoms with Gasteiger partial charge in [-0.15, -0.1) is 10.2 Å². The van der Waals surface area contributed by atoms with Crippen LogP contribution in [0.5, 0.6) is 0 Å². The maximum atomic E-state index is 12.4. The second-order valence-corrected chi connectivity index (χ2v) is 6.91. The lowest BCUT2D eigenvalue weighted by Crippen LogP contribution is -2.28. The van der Waals surface area contributed by atoms with Crippen LogP contribution in [0.1, 0.15) is 69.5 Å². The summed E-state index contributed by atoms with van der Waals surface area (Å²) in [4.78, 5) is 12.4. The molecular formula is C16H26N6O. The van der Waals surface area contributed by atoms with Crippen LogP contribution in [0.3, 0.4) is 0 Å². The number of amides is 1. The number of carbonyl (C=O) groups is 1. The van der Waals surface area contributed by atoms with Gasteiger partial charge in [0.1, 0.15) is 12.0 Å². The molecule has 0 fully saturated rings. The molecule has 0 aliphatic carbocycles. The molecule has 2 aromatic rings. The average molecular weight is 318 g/mol. The number of aromatic nitrogens is 5. The zero-order chi connectivity index (χ0) is 17.2. The topological polar surface area (TPSA) is 77.6 Å². The molecule has 7 nitrogen and oxygen atoms in total. The lowest BCUT2D eigenvalue weighted by Gasteiger charge is -2.23. The van der Waals surface area contributed by atoms with E-state index in [1.165, 1.54) is 0 Å². The van der Waals surface area contributed by atoms with Crippen LogP contribution >= 0.6 is 0 Å². The first-order chi connectivity index (χ1) is 10.7. The first-order valence-electron chi connectivity index (χ1n) is 7.99. The lowest BCUT2D eigenvalue weighted by molar-refractivity contribution is 0.0943. The lowest BCUT2D eigenvalue weighted by atomic mass is 10.1. The van der Waals surface area contributed by atoms with Crippen molar-refractivity contribution in [1.82, 2.24) is 29.9 Å². The van der Waals surface area contributed by atoms with Crippen molar-refractivity contribution >= 4 is 5.91 Å². The van der Waals surface area contributed by atoms with E-state index in [2.05, 4.69) is 55.2 Å². The van der Waals surface area contributed by atoms with Gasteiger partial charge in [-0.25, -0.2) is 0 Å². The molecule has 0 radical (unpaired) electrons. The van der Waals surface area contributed by atoms with Gasteiger partial charge in [-0.3, -0.25) is 9.48 Å². The van der Waals surface area contributed by atoms with Crippen molar-refractivity contribution in [2.24, 2.45) is 0 Å². The van der Waals surface area contributed by atoms with Crippen molar-refractivity contribution in [1.29, 1.82) is 0 Å². The van der Waals surface area contributed by atoms with Crippen molar-refractivity contribution in [3.63, 3.8) is 0 Å². The van der Waals surface area contributed by atoms with Crippen molar-refractivity contribution < 1.29 is 4.79 Å². The molecule has 2 aromatic heterocycles. The van der Waals surface area contributed by atoms with Crippen LogP contribution in [0.2, 0.25) is 0 Å². The molecule has 0 saturated heterocycles. The largest absolute Gasteiger partial charge is 0.343 e. The molecule has 2 rings (SSSR count). The van der Waals surface area contributed by atoms with Gasteiger partial charge >= 0.3 is 0 Å². The summed E-state index contributed by atoms with van der Waals surface area (Å²) in [5.74, 6) is 0.840. The third kappa shape index (κ3) is 3.78. The van der Waals surface area contributed by atoms with Crippen molar-refractivity contribution in [2.45, 2.75) is 66.1 Å². The van der Waals surface area contributed by atoms with E-state index in [1.807, 2.05) is 22.2 Å². The quantitative estimate of drug-likeness (QED) is 0.917. The van der Waals surface area contributed by atoms with Gasteiger partial charge in [-0.05, 0) is 39.7 Å². The molecule has 0 bridgehead atoms. The van der Waals surface area contributed by atoms with E-state index in [0.717, 1.165) is 18.1 Å². The summed E-state index contributed by atoms with van der Waals surface area (Å²) in [6.45, 7) is 13.6. The van der Waals surface area contributed by atoms with Gasteiger partial charge < -0.3 is 9.88 Å². The number of rotatable bonds is 5. The van der Waals surface area contributed by atoms with Crippen LogP contribution in [0.25, 0.3) is 0 Å². The Morgan fingerprint density at radius 1 is 1.35 bits per heavy atom. The fraction of sp³-hybridized carbons (Fsp3) is 0.625. The fourth-order valence-electron chi connectivity index (χ4n) is 2.38. The Bertz CT molecular complexity index is 677. The molecule has 0 saturated carbocycles. The summed E-state index contributed by atoms with van der Waals surface area (Å²) >= 11 is 0. The predicted octanol–water partition coefficient (Wildman–Crippen LogP) is 2.30. The standard InChI is InChI=1S/C16H26N6O/c1-7-21-10-18-19-14(21)9-17-15(23)12-8-13(11(2)3)22(20-12)16(4,5)6/h8,10-11H,7,9H2,1-6H3,(H,17,23). The van der Waals surface area contributed by atoms with Crippen molar-refractivity contribution in [2.75, 3.05) is 0 Å². The summed E-state index contributed by atoms with van der Waals surface area (Å²) < 4.78 is 3.83. The highest BCUT2D eigenvalue weighted by atomic mass is 16.1.